The molecule has 1 fully saturated rings. The van der Waals surface area contributed by atoms with Gasteiger partial charge in [-0.25, -0.2) is 4.79 Å². The Hall–Kier alpha value is -2.82. The summed E-state index contributed by atoms with van der Waals surface area (Å²) in [6.45, 7) is 7.63. The Morgan fingerprint density at radius 2 is 1.96 bits per heavy atom. The smallest absolute Gasteiger partial charge is 0.410 e. The van der Waals surface area contributed by atoms with Crippen molar-refractivity contribution in [1.29, 1.82) is 5.26 Å². The van der Waals surface area contributed by atoms with Crippen LogP contribution in [0.4, 0.5) is 16.2 Å². The Labute approximate surface area is 146 Å². The highest BCUT2D eigenvalue weighted by molar-refractivity contribution is 5.69. The van der Waals surface area contributed by atoms with Crippen molar-refractivity contribution in [2.45, 2.75) is 32.8 Å². The molecule has 0 aliphatic carbocycles. The van der Waals surface area contributed by atoms with Crippen LogP contribution in [0.5, 0.6) is 0 Å². The van der Waals surface area contributed by atoms with Crippen LogP contribution in [0, 0.1) is 21.4 Å². The Morgan fingerprint density at radius 1 is 1.32 bits per heavy atom. The summed E-state index contributed by atoms with van der Waals surface area (Å²) in [6.07, 6.45) is -0.239. The first-order valence-corrected chi connectivity index (χ1v) is 8.08. The predicted molar refractivity (Wildman–Crippen MR) is 92.4 cm³/mol. The number of ether oxygens (including phenoxy) is 1. The fourth-order valence-corrected chi connectivity index (χ4v) is 2.68. The molecule has 1 saturated heterocycles. The van der Waals surface area contributed by atoms with Gasteiger partial charge in [0.25, 0.3) is 5.69 Å². The highest BCUT2D eigenvalue weighted by Gasteiger charge is 2.27. The standard InChI is InChI=1S/C17H22N4O4/c1-17(2,3)25-16(22)20-10-8-19(9-11-20)15-5-4-14(21(23)24)12-13(15)6-7-18/h4-5,12H,6,8-11H2,1-3H3. The number of nitrogens with zero attached hydrogens (tertiary/aromatic N) is 4. The van der Waals surface area contributed by atoms with E-state index in [9.17, 15) is 14.9 Å². The molecule has 1 heterocycles. The van der Waals surface area contributed by atoms with Gasteiger partial charge in [-0.2, -0.15) is 5.26 Å². The third-order valence-electron chi connectivity index (χ3n) is 3.82. The number of carbonyl (C=O) groups is 1. The van der Waals surface area contributed by atoms with Crippen molar-refractivity contribution < 1.29 is 14.5 Å². The molecule has 0 bridgehead atoms. The zero-order valence-electron chi connectivity index (χ0n) is 14.7. The summed E-state index contributed by atoms with van der Waals surface area (Å²) in [4.78, 5) is 26.3. The van der Waals surface area contributed by atoms with Gasteiger partial charge in [0.15, 0.2) is 0 Å². The second-order valence-electron chi connectivity index (χ2n) is 6.86. The summed E-state index contributed by atoms with van der Waals surface area (Å²) in [5.74, 6) is 0. The number of rotatable bonds is 3. The summed E-state index contributed by atoms with van der Waals surface area (Å²) < 4.78 is 5.37. The number of carbonyl (C=O) groups excluding carboxylic acids is 1. The lowest BCUT2D eigenvalue weighted by molar-refractivity contribution is -0.384. The lowest BCUT2D eigenvalue weighted by Crippen LogP contribution is -2.50. The van der Waals surface area contributed by atoms with E-state index in [0.29, 0.717) is 31.7 Å². The summed E-state index contributed by atoms with van der Waals surface area (Å²) in [5.41, 5.74) is 0.867. The van der Waals surface area contributed by atoms with Crippen molar-refractivity contribution in [3.8, 4) is 6.07 Å². The number of nitro benzene ring substituents is 1. The van der Waals surface area contributed by atoms with Gasteiger partial charge in [-0.15, -0.1) is 0 Å². The zero-order chi connectivity index (χ0) is 18.6. The molecule has 0 saturated carbocycles. The minimum absolute atomic E-state index is 0.0265. The van der Waals surface area contributed by atoms with Gasteiger partial charge in [0.2, 0.25) is 0 Å². The molecular weight excluding hydrogens is 324 g/mol. The van der Waals surface area contributed by atoms with E-state index in [-0.39, 0.29) is 18.2 Å². The van der Waals surface area contributed by atoms with Crippen LogP contribution < -0.4 is 4.90 Å². The first-order valence-electron chi connectivity index (χ1n) is 8.08. The fraction of sp³-hybridized carbons (Fsp3) is 0.529. The summed E-state index contributed by atoms with van der Waals surface area (Å²) in [6, 6.07) is 6.61. The van der Waals surface area contributed by atoms with Crippen LogP contribution in [0.2, 0.25) is 0 Å². The molecule has 0 N–H and O–H groups in total. The molecule has 0 unspecified atom stereocenters. The second-order valence-corrected chi connectivity index (χ2v) is 6.86. The zero-order valence-corrected chi connectivity index (χ0v) is 14.7. The molecule has 1 aromatic rings. The van der Waals surface area contributed by atoms with E-state index in [2.05, 4.69) is 0 Å². The molecule has 1 amide bonds. The van der Waals surface area contributed by atoms with Gasteiger partial charge in [-0.05, 0) is 32.4 Å². The molecule has 1 aliphatic rings. The minimum Gasteiger partial charge on any atom is -0.444 e. The van der Waals surface area contributed by atoms with Gasteiger partial charge in [0.1, 0.15) is 5.60 Å². The van der Waals surface area contributed by atoms with E-state index in [1.54, 1.807) is 11.0 Å². The van der Waals surface area contributed by atoms with Crippen molar-refractivity contribution in [3.05, 3.63) is 33.9 Å². The number of anilines is 1. The van der Waals surface area contributed by atoms with Gasteiger partial charge in [-0.1, -0.05) is 0 Å². The topological polar surface area (TPSA) is 99.7 Å². The number of hydrogen-bond donors (Lipinski definition) is 0. The number of benzene rings is 1. The molecule has 1 aliphatic heterocycles. The third-order valence-corrected chi connectivity index (χ3v) is 3.82. The quantitative estimate of drug-likeness (QED) is 0.616. The van der Waals surface area contributed by atoms with E-state index < -0.39 is 10.5 Å². The van der Waals surface area contributed by atoms with E-state index in [0.717, 1.165) is 5.69 Å². The van der Waals surface area contributed by atoms with E-state index in [4.69, 9.17) is 10.00 Å². The minimum atomic E-state index is -0.535. The number of hydrogen-bond acceptors (Lipinski definition) is 6. The number of amides is 1. The Morgan fingerprint density at radius 3 is 2.48 bits per heavy atom. The van der Waals surface area contributed by atoms with Crippen molar-refractivity contribution in [2.75, 3.05) is 31.1 Å². The lowest BCUT2D eigenvalue weighted by Gasteiger charge is -2.37. The molecule has 8 nitrogen and oxygen atoms in total. The molecule has 2 rings (SSSR count). The van der Waals surface area contributed by atoms with Gasteiger partial charge >= 0.3 is 6.09 Å². The maximum atomic E-state index is 12.1. The lowest BCUT2D eigenvalue weighted by atomic mass is 10.1. The van der Waals surface area contributed by atoms with Crippen LogP contribution in [0.1, 0.15) is 26.3 Å². The van der Waals surface area contributed by atoms with Crippen LogP contribution in [0.15, 0.2) is 18.2 Å². The van der Waals surface area contributed by atoms with E-state index in [1.165, 1.54) is 12.1 Å². The number of nitriles is 1. The van der Waals surface area contributed by atoms with Gasteiger partial charge in [-0.3, -0.25) is 10.1 Å². The third kappa shape index (κ3) is 4.83. The fourth-order valence-electron chi connectivity index (χ4n) is 2.68. The van der Waals surface area contributed by atoms with E-state index in [1.807, 2.05) is 31.7 Å². The number of non-ortho nitro benzene ring substituents is 1. The van der Waals surface area contributed by atoms with Crippen LogP contribution >= 0.6 is 0 Å². The molecule has 25 heavy (non-hydrogen) atoms. The van der Waals surface area contributed by atoms with Crippen LogP contribution in [0.3, 0.4) is 0 Å². The molecule has 0 aromatic heterocycles. The first kappa shape index (κ1) is 18.5. The Balaban J connectivity index is 2.09. The number of nitro groups is 1. The Kier molecular flexibility index (Phi) is 5.47. The van der Waals surface area contributed by atoms with Gasteiger partial charge in [0, 0.05) is 44.0 Å². The summed E-state index contributed by atoms with van der Waals surface area (Å²) >= 11 is 0. The van der Waals surface area contributed by atoms with Gasteiger partial charge < -0.3 is 14.5 Å². The molecule has 8 heteroatoms. The monoisotopic (exact) mass is 346 g/mol. The Bertz CT molecular complexity index is 698. The van der Waals surface area contributed by atoms with Gasteiger partial charge in [0.05, 0.1) is 17.4 Å². The van der Waals surface area contributed by atoms with E-state index >= 15 is 0 Å². The normalized spacial score (nSPS) is 14.8. The average molecular weight is 346 g/mol. The van der Waals surface area contributed by atoms with Crippen molar-refractivity contribution >= 4 is 17.5 Å². The largest absolute Gasteiger partial charge is 0.444 e. The SMILES string of the molecule is CC(C)(C)OC(=O)N1CCN(c2ccc([N+](=O)[O-])cc2CC#N)CC1. The first-order chi connectivity index (χ1) is 11.7. The summed E-state index contributed by atoms with van der Waals surface area (Å²) in [5, 5.41) is 19.9. The maximum absolute atomic E-state index is 12.1. The molecule has 134 valence electrons. The van der Waals surface area contributed by atoms with Crippen molar-refractivity contribution in [2.24, 2.45) is 0 Å². The van der Waals surface area contributed by atoms with Crippen LogP contribution in [-0.2, 0) is 11.2 Å². The van der Waals surface area contributed by atoms with Crippen molar-refractivity contribution in [1.82, 2.24) is 4.90 Å². The highest BCUT2D eigenvalue weighted by Crippen LogP contribution is 2.27. The molecular formula is C17H22N4O4. The van der Waals surface area contributed by atoms with Crippen LogP contribution in [0.25, 0.3) is 0 Å². The molecule has 0 spiro atoms. The molecule has 0 radical (unpaired) electrons. The van der Waals surface area contributed by atoms with Crippen LogP contribution in [-0.4, -0.2) is 47.7 Å². The highest BCUT2D eigenvalue weighted by atomic mass is 16.6. The average Bonchev–Trinajstić information content (AvgIpc) is 2.53. The molecule has 1 aromatic carbocycles. The van der Waals surface area contributed by atoms with Crippen molar-refractivity contribution in [3.63, 3.8) is 0 Å². The summed E-state index contributed by atoms with van der Waals surface area (Å²) in [7, 11) is 0. The second kappa shape index (κ2) is 7.38. The predicted octanol–water partition coefficient (Wildman–Crippen LogP) is 2.72. The molecule has 0 atom stereocenters. The maximum Gasteiger partial charge on any atom is 0.410 e. The number of piperazine rings is 1.